The zero-order valence-corrected chi connectivity index (χ0v) is 13.7. The van der Waals surface area contributed by atoms with Crippen molar-refractivity contribution in [2.45, 2.75) is 13.8 Å². The fourth-order valence-corrected chi connectivity index (χ4v) is 3.30. The highest BCUT2D eigenvalue weighted by atomic mass is 16.2. The van der Waals surface area contributed by atoms with Gasteiger partial charge in [0.2, 0.25) is 0 Å². The molecule has 124 valence electrons. The maximum absolute atomic E-state index is 13.1. The van der Waals surface area contributed by atoms with Crippen LogP contribution in [0.5, 0.6) is 0 Å². The van der Waals surface area contributed by atoms with Gasteiger partial charge in [0, 0.05) is 23.2 Å². The summed E-state index contributed by atoms with van der Waals surface area (Å²) in [5, 5.41) is 5.87. The van der Waals surface area contributed by atoms with E-state index >= 15 is 0 Å². The van der Waals surface area contributed by atoms with Crippen molar-refractivity contribution in [1.82, 2.24) is 19.3 Å². The second kappa shape index (κ2) is 5.27. The molecule has 0 saturated carbocycles. The summed E-state index contributed by atoms with van der Waals surface area (Å²) in [5.41, 5.74) is 8.16. The van der Waals surface area contributed by atoms with Gasteiger partial charge in [0.25, 0.3) is 5.56 Å². The van der Waals surface area contributed by atoms with Crippen molar-refractivity contribution in [3.63, 3.8) is 0 Å². The second-order valence-electron chi connectivity index (χ2n) is 5.88. The van der Waals surface area contributed by atoms with E-state index in [1.54, 1.807) is 24.5 Å². The van der Waals surface area contributed by atoms with Crippen LogP contribution in [0.4, 0.5) is 4.79 Å². The van der Waals surface area contributed by atoms with Crippen molar-refractivity contribution < 1.29 is 4.79 Å². The third-order valence-corrected chi connectivity index (χ3v) is 4.33. The number of rotatable bonds is 1. The molecule has 4 aromatic rings. The standard InChI is InChI=1S/C18H15N5O2/c1-10-4-3-5-13-14-11(2)21-23(12-6-8-20-9-7-12)17(24)16(14)22(15(10)13)18(19)25/h3-9H,1-2H3,(H2,19,25). The van der Waals surface area contributed by atoms with Crippen LogP contribution in [-0.4, -0.2) is 25.4 Å². The molecular weight excluding hydrogens is 318 g/mol. The van der Waals surface area contributed by atoms with Crippen LogP contribution in [0, 0.1) is 13.8 Å². The Labute approximate surface area is 142 Å². The maximum Gasteiger partial charge on any atom is 0.324 e. The normalized spacial score (nSPS) is 11.3. The van der Waals surface area contributed by atoms with Gasteiger partial charge in [-0.25, -0.2) is 4.79 Å². The minimum Gasteiger partial charge on any atom is -0.351 e. The topological polar surface area (TPSA) is 95.8 Å². The minimum absolute atomic E-state index is 0.237. The van der Waals surface area contributed by atoms with Crippen molar-refractivity contribution >= 4 is 27.8 Å². The highest BCUT2D eigenvalue weighted by Gasteiger charge is 2.22. The SMILES string of the molecule is Cc1nn(-c2ccncc2)c(=O)c2c1c1cccc(C)c1n2C(N)=O. The summed E-state index contributed by atoms with van der Waals surface area (Å²) in [6.45, 7) is 3.69. The molecule has 1 amide bonds. The molecule has 0 aliphatic heterocycles. The molecule has 0 atom stereocenters. The van der Waals surface area contributed by atoms with Gasteiger partial charge in [-0.1, -0.05) is 18.2 Å². The quantitative estimate of drug-likeness (QED) is 0.578. The Balaban J connectivity index is 2.28. The first-order chi connectivity index (χ1) is 12.0. The summed E-state index contributed by atoms with van der Waals surface area (Å²) >= 11 is 0. The first kappa shape index (κ1) is 15.1. The summed E-state index contributed by atoms with van der Waals surface area (Å²) < 4.78 is 2.56. The van der Waals surface area contributed by atoms with E-state index in [4.69, 9.17) is 5.73 Å². The molecule has 0 saturated heterocycles. The van der Waals surface area contributed by atoms with Crippen molar-refractivity contribution in [3.05, 3.63) is 64.3 Å². The van der Waals surface area contributed by atoms with Gasteiger partial charge in [0.05, 0.1) is 16.9 Å². The molecule has 7 nitrogen and oxygen atoms in total. The summed E-state index contributed by atoms with van der Waals surface area (Å²) in [6.07, 6.45) is 3.16. The smallest absolute Gasteiger partial charge is 0.324 e. The Hall–Kier alpha value is -3.48. The minimum atomic E-state index is -0.696. The van der Waals surface area contributed by atoms with Gasteiger partial charge >= 0.3 is 6.03 Å². The number of carbonyl (C=O) groups excluding carboxylic acids is 1. The summed E-state index contributed by atoms with van der Waals surface area (Å²) in [4.78, 5) is 29.3. The van der Waals surface area contributed by atoms with E-state index in [2.05, 4.69) is 10.1 Å². The van der Waals surface area contributed by atoms with Crippen LogP contribution in [-0.2, 0) is 0 Å². The molecule has 3 aromatic heterocycles. The highest BCUT2D eigenvalue weighted by Crippen LogP contribution is 2.30. The Morgan fingerprint density at radius 1 is 1.08 bits per heavy atom. The highest BCUT2D eigenvalue weighted by molar-refractivity contribution is 6.14. The molecule has 0 unspecified atom stereocenters. The lowest BCUT2D eigenvalue weighted by molar-refractivity contribution is 0.252. The second-order valence-corrected chi connectivity index (χ2v) is 5.88. The van der Waals surface area contributed by atoms with Gasteiger partial charge in [0.15, 0.2) is 0 Å². The third-order valence-electron chi connectivity index (χ3n) is 4.33. The zero-order chi connectivity index (χ0) is 17.7. The number of hydrogen-bond acceptors (Lipinski definition) is 4. The van der Waals surface area contributed by atoms with Crippen LogP contribution in [0.25, 0.3) is 27.5 Å². The van der Waals surface area contributed by atoms with Gasteiger partial charge in [-0.15, -0.1) is 0 Å². The molecule has 0 aliphatic carbocycles. The number of pyridine rings is 1. The lowest BCUT2D eigenvalue weighted by atomic mass is 10.1. The largest absolute Gasteiger partial charge is 0.351 e. The van der Waals surface area contributed by atoms with E-state index in [0.29, 0.717) is 22.3 Å². The molecule has 7 heteroatoms. The molecular formula is C18H15N5O2. The van der Waals surface area contributed by atoms with Crippen molar-refractivity contribution in [1.29, 1.82) is 0 Å². The molecule has 0 bridgehead atoms. The number of benzene rings is 1. The zero-order valence-electron chi connectivity index (χ0n) is 13.7. The van der Waals surface area contributed by atoms with Crippen molar-refractivity contribution in [2.75, 3.05) is 0 Å². The van der Waals surface area contributed by atoms with Crippen LogP contribution >= 0.6 is 0 Å². The van der Waals surface area contributed by atoms with Gasteiger partial charge in [-0.05, 0) is 31.5 Å². The van der Waals surface area contributed by atoms with E-state index in [0.717, 1.165) is 10.9 Å². The molecule has 25 heavy (non-hydrogen) atoms. The summed E-state index contributed by atoms with van der Waals surface area (Å²) in [5.74, 6) is 0. The lowest BCUT2D eigenvalue weighted by Crippen LogP contribution is -2.28. The fraction of sp³-hybridized carbons (Fsp3) is 0.111. The number of primary amides is 1. The average molecular weight is 333 g/mol. The summed E-state index contributed by atoms with van der Waals surface area (Å²) in [7, 11) is 0. The van der Waals surface area contributed by atoms with Crippen LogP contribution in [0.15, 0.2) is 47.5 Å². The first-order valence-electron chi connectivity index (χ1n) is 7.74. The molecule has 0 fully saturated rings. The van der Waals surface area contributed by atoms with E-state index < -0.39 is 11.6 Å². The van der Waals surface area contributed by atoms with E-state index in [1.165, 1.54) is 9.25 Å². The maximum atomic E-state index is 13.1. The van der Waals surface area contributed by atoms with Gasteiger partial charge in [0.1, 0.15) is 5.52 Å². The van der Waals surface area contributed by atoms with Crippen LogP contribution in [0.1, 0.15) is 11.3 Å². The number of carbonyl (C=O) groups is 1. The number of nitrogens with zero attached hydrogens (tertiary/aromatic N) is 4. The molecule has 3 heterocycles. The third kappa shape index (κ3) is 2.06. The van der Waals surface area contributed by atoms with E-state index in [-0.39, 0.29) is 5.52 Å². The molecule has 0 radical (unpaired) electrons. The van der Waals surface area contributed by atoms with Gasteiger partial charge in [-0.2, -0.15) is 9.78 Å². The van der Waals surface area contributed by atoms with Crippen molar-refractivity contribution in [3.8, 4) is 5.69 Å². The molecule has 0 spiro atoms. The van der Waals surface area contributed by atoms with Crippen LogP contribution in [0.2, 0.25) is 0 Å². The van der Waals surface area contributed by atoms with Crippen LogP contribution < -0.4 is 11.3 Å². The van der Waals surface area contributed by atoms with Gasteiger partial charge < -0.3 is 5.73 Å². The Morgan fingerprint density at radius 2 is 1.80 bits per heavy atom. The number of nitrogens with two attached hydrogens (primary N) is 1. The van der Waals surface area contributed by atoms with Crippen molar-refractivity contribution in [2.24, 2.45) is 5.73 Å². The number of fused-ring (bicyclic) bond motifs is 3. The Bertz CT molecular complexity index is 1210. The number of amides is 1. The summed E-state index contributed by atoms with van der Waals surface area (Å²) in [6, 6.07) is 8.30. The lowest BCUT2D eigenvalue weighted by Gasteiger charge is -2.08. The van der Waals surface area contributed by atoms with E-state index in [1.807, 2.05) is 32.0 Å². The number of hydrogen-bond donors (Lipinski definition) is 1. The Morgan fingerprint density at radius 3 is 2.48 bits per heavy atom. The predicted molar refractivity (Wildman–Crippen MR) is 95.1 cm³/mol. The Kier molecular flexibility index (Phi) is 3.18. The van der Waals surface area contributed by atoms with Crippen LogP contribution in [0.3, 0.4) is 0 Å². The molecule has 2 N–H and O–H groups in total. The monoisotopic (exact) mass is 333 g/mol. The number of para-hydroxylation sites is 1. The number of aryl methyl sites for hydroxylation is 2. The number of aromatic nitrogens is 4. The molecule has 0 aliphatic rings. The first-order valence-corrected chi connectivity index (χ1v) is 7.74. The molecule has 4 rings (SSSR count). The fourth-order valence-electron chi connectivity index (χ4n) is 3.30. The predicted octanol–water partition coefficient (Wildman–Crippen LogP) is 2.28. The molecule has 1 aromatic carbocycles. The van der Waals surface area contributed by atoms with Gasteiger partial charge in [-0.3, -0.25) is 14.3 Å². The average Bonchev–Trinajstić information content (AvgIpc) is 2.96. The van der Waals surface area contributed by atoms with E-state index in [9.17, 15) is 9.59 Å².